The molecule has 2 saturated carbocycles. The molecule has 3 unspecified atom stereocenters. The van der Waals surface area contributed by atoms with Crippen LogP contribution >= 0.6 is 0 Å². The molecule has 0 heterocycles. The number of fused-ring (bicyclic) bond motifs is 5. The Hall–Kier alpha value is -1.62. The molecule has 4 rings (SSSR count). The molecule has 3 aliphatic rings. The van der Waals surface area contributed by atoms with Gasteiger partial charge in [-0.1, -0.05) is 31.1 Å². The van der Waals surface area contributed by atoms with Gasteiger partial charge >= 0.3 is 16.5 Å². The normalized spacial score (nSPS) is 32.9. The number of aryl methyl sites for hydroxylation is 1. The van der Waals surface area contributed by atoms with Gasteiger partial charge in [0, 0.05) is 5.41 Å². The van der Waals surface area contributed by atoms with Crippen LogP contribution in [0.1, 0.15) is 88.7 Å². The predicted octanol–water partition coefficient (Wildman–Crippen LogP) is 5.92. The summed E-state index contributed by atoms with van der Waals surface area (Å²) in [7, 11) is -4.37. The topological polar surface area (TPSA) is 107 Å². The Morgan fingerprint density at radius 1 is 1.22 bits per heavy atom. The van der Waals surface area contributed by atoms with E-state index in [0.717, 1.165) is 49.7 Å². The molecule has 0 aromatic heterocycles. The Labute approximate surface area is 217 Å². The van der Waals surface area contributed by atoms with Crippen LogP contribution in [0.2, 0.25) is 0 Å². The van der Waals surface area contributed by atoms with Gasteiger partial charge in [0.25, 0.3) is 0 Å². The van der Waals surface area contributed by atoms with Crippen molar-refractivity contribution in [3.63, 3.8) is 0 Å². The van der Waals surface area contributed by atoms with Gasteiger partial charge in [-0.3, -0.25) is 9.27 Å². The van der Waals surface area contributed by atoms with Crippen LogP contribution in [0.15, 0.2) is 29.8 Å². The third kappa shape index (κ3) is 5.44. The van der Waals surface area contributed by atoms with Crippen molar-refractivity contribution < 1.29 is 36.4 Å². The summed E-state index contributed by atoms with van der Waals surface area (Å²) in [6.07, 6.45) is 1.07. The van der Waals surface area contributed by atoms with Gasteiger partial charge in [0.1, 0.15) is 6.10 Å². The van der Waals surface area contributed by atoms with Crippen molar-refractivity contribution in [1.82, 2.24) is 0 Å². The van der Waals surface area contributed by atoms with Gasteiger partial charge in [0.2, 0.25) is 0 Å². The van der Waals surface area contributed by atoms with E-state index >= 15 is 0 Å². The van der Waals surface area contributed by atoms with E-state index in [-0.39, 0.29) is 41.6 Å². The summed E-state index contributed by atoms with van der Waals surface area (Å²) in [5.74, 6) is 0.448. The van der Waals surface area contributed by atoms with E-state index in [4.69, 9.17) is 0 Å². The number of allylic oxidation sites excluding steroid dienone is 2. The molecule has 6 nitrogen and oxygen atoms in total. The zero-order valence-electron chi connectivity index (χ0n) is 21.4. The second kappa shape index (κ2) is 10.2. The maximum Gasteiger partial charge on any atom is 0.414 e. The summed E-state index contributed by atoms with van der Waals surface area (Å²) < 4.78 is 71.7. The van der Waals surface area contributed by atoms with Crippen LogP contribution in [-0.4, -0.2) is 41.6 Å². The third-order valence-electron chi connectivity index (χ3n) is 9.57. The molecule has 0 spiro atoms. The first-order chi connectivity index (χ1) is 17.2. The molecular weight excluding hydrogens is 507 g/mol. The molecule has 208 valence electrons. The van der Waals surface area contributed by atoms with Crippen molar-refractivity contribution in [2.45, 2.75) is 102 Å². The van der Waals surface area contributed by atoms with Crippen molar-refractivity contribution in [3.05, 3.63) is 41.0 Å². The maximum absolute atomic E-state index is 12.6. The number of alkyl halides is 3. The van der Waals surface area contributed by atoms with Gasteiger partial charge in [-0.25, -0.2) is 0 Å². The largest absolute Gasteiger partial charge is 0.414 e. The number of hydrogen-bond acceptors (Lipinski definition) is 4. The standard InChI is InChI=1S/C27H38F3NO5S/c1-17(6-4-3-5-7-24(33)27(28,29)30)26-15-12-18-16-19(31-37(34,35)36)8-9-20(18)21(26)13-14-25(2)22(26)10-11-23(25)32/h6,8-9,16,21-24,31-33H,3-5,7,10-15H2,1-2H3,(H,34,35,36)/t21?,22?,23-,24+,25-,26?/m0/s1. The predicted molar refractivity (Wildman–Crippen MR) is 135 cm³/mol. The number of nitrogens with one attached hydrogen (secondary N) is 1. The molecule has 0 amide bonds. The number of benzene rings is 1. The fourth-order valence-electron chi connectivity index (χ4n) is 7.76. The summed E-state index contributed by atoms with van der Waals surface area (Å²) >= 11 is 0. The second-order valence-corrected chi connectivity index (χ2v) is 12.7. The minimum absolute atomic E-state index is 0.183. The van der Waals surface area contributed by atoms with Gasteiger partial charge in [0.05, 0.1) is 11.8 Å². The highest BCUT2D eigenvalue weighted by molar-refractivity contribution is 7.87. The van der Waals surface area contributed by atoms with Crippen LogP contribution in [0.5, 0.6) is 0 Å². The van der Waals surface area contributed by atoms with Crippen LogP contribution in [0.3, 0.4) is 0 Å². The molecule has 4 N–H and O–H groups in total. The van der Waals surface area contributed by atoms with E-state index in [9.17, 15) is 36.4 Å². The lowest BCUT2D eigenvalue weighted by atomic mass is 9.45. The molecule has 1 aromatic rings. The molecule has 1 aromatic carbocycles. The van der Waals surface area contributed by atoms with Crippen molar-refractivity contribution in [2.24, 2.45) is 16.7 Å². The highest BCUT2D eigenvalue weighted by Crippen LogP contribution is 2.69. The van der Waals surface area contributed by atoms with E-state index in [1.165, 1.54) is 5.57 Å². The molecule has 0 bridgehead atoms. The Kier molecular flexibility index (Phi) is 7.80. The number of anilines is 1. The molecule has 3 aliphatic carbocycles. The summed E-state index contributed by atoms with van der Waals surface area (Å²) in [6, 6.07) is 5.40. The lowest BCUT2D eigenvalue weighted by Gasteiger charge is -2.59. The summed E-state index contributed by atoms with van der Waals surface area (Å²) in [5, 5.41) is 20.2. The Morgan fingerprint density at radius 3 is 2.62 bits per heavy atom. The number of hydrogen-bond donors (Lipinski definition) is 4. The number of unbranched alkanes of at least 4 members (excludes halogenated alkanes) is 2. The van der Waals surface area contributed by atoms with E-state index in [0.29, 0.717) is 18.5 Å². The first-order valence-electron chi connectivity index (χ1n) is 13.2. The first kappa shape index (κ1) is 28.4. The fourth-order valence-corrected chi connectivity index (χ4v) is 8.18. The summed E-state index contributed by atoms with van der Waals surface area (Å²) in [5.41, 5.74) is 3.35. The van der Waals surface area contributed by atoms with Gasteiger partial charge in [-0.05, 0) is 105 Å². The molecule has 10 heteroatoms. The van der Waals surface area contributed by atoms with Gasteiger partial charge < -0.3 is 10.2 Å². The molecule has 2 fully saturated rings. The molecule has 0 aliphatic heterocycles. The molecular formula is C27H38F3NO5S. The number of aliphatic hydroxyl groups excluding tert-OH is 2. The van der Waals surface area contributed by atoms with Gasteiger partial charge in [0.15, 0.2) is 0 Å². The highest BCUT2D eigenvalue weighted by atomic mass is 32.2. The maximum atomic E-state index is 12.6. The molecule has 0 radical (unpaired) electrons. The van der Waals surface area contributed by atoms with Crippen molar-refractivity contribution in [1.29, 1.82) is 0 Å². The minimum atomic E-state index is -4.58. The summed E-state index contributed by atoms with van der Waals surface area (Å²) in [6.45, 7) is 4.31. The smallest absolute Gasteiger partial charge is 0.393 e. The lowest BCUT2D eigenvalue weighted by molar-refractivity contribution is -0.205. The first-order valence-corrected chi connectivity index (χ1v) is 14.6. The summed E-state index contributed by atoms with van der Waals surface area (Å²) in [4.78, 5) is 0. The Morgan fingerprint density at radius 2 is 1.95 bits per heavy atom. The zero-order chi connectivity index (χ0) is 27.2. The van der Waals surface area contributed by atoms with Crippen LogP contribution in [-0.2, 0) is 16.7 Å². The van der Waals surface area contributed by atoms with Crippen LogP contribution in [0.4, 0.5) is 18.9 Å². The average Bonchev–Trinajstić information content (AvgIpc) is 3.11. The number of aliphatic hydroxyl groups is 2. The Balaban J connectivity index is 1.61. The van der Waals surface area contributed by atoms with Crippen LogP contribution in [0, 0.1) is 16.7 Å². The van der Waals surface area contributed by atoms with Crippen LogP contribution < -0.4 is 4.72 Å². The molecule has 37 heavy (non-hydrogen) atoms. The van der Waals surface area contributed by atoms with E-state index in [1.54, 1.807) is 12.1 Å². The molecule has 0 saturated heterocycles. The van der Waals surface area contributed by atoms with E-state index in [2.05, 4.69) is 24.6 Å². The third-order valence-corrected chi connectivity index (χ3v) is 10.1. The zero-order valence-corrected chi connectivity index (χ0v) is 22.2. The Bertz CT molecular complexity index is 1140. The average molecular weight is 546 g/mol. The quantitative estimate of drug-likeness (QED) is 0.184. The van der Waals surface area contributed by atoms with Crippen molar-refractivity contribution in [2.75, 3.05) is 4.72 Å². The SMILES string of the molecule is CC(=CCCCC[C@@H](O)C(F)(F)F)C12CCc3cc(NS(=O)(=O)O)ccc3C1CC[C@@]1(C)C2CC[C@@H]1O. The van der Waals surface area contributed by atoms with Crippen molar-refractivity contribution in [3.8, 4) is 0 Å². The van der Waals surface area contributed by atoms with Gasteiger partial charge in [-0.15, -0.1) is 0 Å². The van der Waals surface area contributed by atoms with Crippen LogP contribution in [0.25, 0.3) is 0 Å². The van der Waals surface area contributed by atoms with E-state index in [1.807, 2.05) is 6.07 Å². The van der Waals surface area contributed by atoms with Gasteiger partial charge in [-0.2, -0.15) is 21.6 Å². The molecule has 6 atom stereocenters. The number of halogens is 3. The van der Waals surface area contributed by atoms with E-state index < -0.39 is 22.6 Å². The van der Waals surface area contributed by atoms with Crippen molar-refractivity contribution >= 4 is 16.0 Å². The highest BCUT2D eigenvalue weighted by Gasteiger charge is 2.62. The second-order valence-electron chi connectivity index (χ2n) is 11.5. The lowest BCUT2D eigenvalue weighted by Crippen LogP contribution is -2.52. The number of rotatable bonds is 8. The monoisotopic (exact) mass is 545 g/mol. The minimum Gasteiger partial charge on any atom is -0.393 e. The fraction of sp³-hybridized carbons (Fsp3) is 0.704.